The van der Waals surface area contributed by atoms with E-state index in [1.54, 1.807) is 7.11 Å². The summed E-state index contributed by atoms with van der Waals surface area (Å²) in [5.41, 5.74) is 0.417. The van der Waals surface area contributed by atoms with Gasteiger partial charge in [0.2, 0.25) is 0 Å². The monoisotopic (exact) mass is 411 g/mol. The van der Waals surface area contributed by atoms with E-state index in [0.717, 1.165) is 23.6 Å². The number of anilines is 1. The number of rotatable bonds is 4. The fraction of sp³-hybridized carbons (Fsp3) is 0.368. The number of piperazine rings is 1. The largest absolute Gasteiger partial charge is 0.497 e. The number of aromatic nitrogens is 1. The summed E-state index contributed by atoms with van der Waals surface area (Å²) in [4.78, 5) is 6.83. The number of pyridine rings is 1. The van der Waals surface area contributed by atoms with Gasteiger partial charge in [0.05, 0.1) is 25.8 Å². The van der Waals surface area contributed by atoms with Crippen LogP contribution in [-0.4, -0.2) is 43.3 Å². The topological polar surface area (TPSA) is 41.9 Å². The van der Waals surface area contributed by atoms with Crippen molar-refractivity contribution in [3.8, 4) is 5.75 Å². The highest BCUT2D eigenvalue weighted by atomic mass is 32.1. The summed E-state index contributed by atoms with van der Waals surface area (Å²) in [5, 5.41) is 3.92. The van der Waals surface area contributed by atoms with Crippen LogP contribution >= 0.6 is 12.2 Å². The number of alkyl halides is 3. The summed E-state index contributed by atoms with van der Waals surface area (Å²) in [6, 6.07) is 10.3. The molecule has 0 saturated carbocycles. The first-order chi connectivity index (χ1) is 13.4. The molecule has 0 radical (unpaired) electrons. The number of nitrogens with one attached hydrogen (secondary N) is 2. The molecule has 1 fully saturated rings. The van der Waals surface area contributed by atoms with Gasteiger partial charge >= 0.3 is 6.18 Å². The lowest BCUT2D eigenvalue weighted by Crippen LogP contribution is -2.52. The van der Waals surface area contributed by atoms with E-state index in [1.807, 2.05) is 29.2 Å². The highest BCUT2D eigenvalue weighted by molar-refractivity contribution is 7.80. The fourth-order valence-corrected chi connectivity index (χ4v) is 3.23. The molecule has 2 aromatic rings. The number of ether oxygens (including phenoxy) is 1. The molecule has 1 saturated heterocycles. The Hall–Kier alpha value is -2.55. The van der Waals surface area contributed by atoms with Crippen LogP contribution in [0, 0.1) is 0 Å². The Morgan fingerprint density at radius 1 is 1.11 bits per heavy atom. The first-order valence-electron chi connectivity index (χ1n) is 8.86. The predicted octanol–water partition coefficient (Wildman–Crippen LogP) is 2.72. The molecule has 0 spiro atoms. The maximum Gasteiger partial charge on any atom is 0.419 e. The molecule has 150 valence electrons. The molecule has 0 amide bonds. The zero-order valence-corrected chi connectivity index (χ0v) is 16.2. The van der Waals surface area contributed by atoms with Gasteiger partial charge in [-0.3, -0.25) is 4.90 Å². The number of thiocarbonyl (C=S) groups is 1. The number of aromatic amines is 1. The van der Waals surface area contributed by atoms with Crippen LogP contribution in [0.25, 0.3) is 0 Å². The van der Waals surface area contributed by atoms with Crippen molar-refractivity contribution in [3.05, 3.63) is 53.7 Å². The summed E-state index contributed by atoms with van der Waals surface area (Å²) in [7, 11) is 1.63. The van der Waals surface area contributed by atoms with E-state index in [9.17, 15) is 13.2 Å². The van der Waals surface area contributed by atoms with Crippen molar-refractivity contribution in [2.45, 2.75) is 12.7 Å². The van der Waals surface area contributed by atoms with Crippen LogP contribution in [0.3, 0.4) is 0 Å². The Morgan fingerprint density at radius 2 is 1.79 bits per heavy atom. The smallest absolute Gasteiger partial charge is 0.419 e. The molecule has 0 unspecified atom stereocenters. The van der Waals surface area contributed by atoms with Gasteiger partial charge in [0.15, 0.2) is 5.11 Å². The van der Waals surface area contributed by atoms with E-state index in [2.05, 4.69) is 15.2 Å². The zero-order valence-electron chi connectivity index (χ0n) is 15.4. The molecule has 0 aliphatic carbocycles. The Morgan fingerprint density at radius 3 is 2.32 bits per heavy atom. The minimum absolute atomic E-state index is 0.621. The van der Waals surface area contributed by atoms with E-state index in [1.165, 1.54) is 6.07 Å². The van der Waals surface area contributed by atoms with E-state index >= 15 is 0 Å². The minimum Gasteiger partial charge on any atom is -0.497 e. The van der Waals surface area contributed by atoms with Gasteiger partial charge in [0.25, 0.3) is 5.82 Å². The lowest BCUT2D eigenvalue weighted by molar-refractivity contribution is -0.367. The third-order valence-corrected chi connectivity index (χ3v) is 5.04. The van der Waals surface area contributed by atoms with Gasteiger partial charge in [-0.15, -0.1) is 0 Å². The van der Waals surface area contributed by atoms with Crippen LogP contribution in [0.2, 0.25) is 0 Å². The first-order valence-corrected chi connectivity index (χ1v) is 9.27. The second kappa shape index (κ2) is 8.64. The minimum atomic E-state index is -4.34. The summed E-state index contributed by atoms with van der Waals surface area (Å²) < 4.78 is 43.1. The number of nitrogens with zero attached hydrogens (tertiary/aromatic N) is 2. The van der Waals surface area contributed by atoms with Gasteiger partial charge in [0.1, 0.15) is 25.0 Å². The lowest BCUT2D eigenvalue weighted by atomic mass is 10.2. The second-order valence-electron chi connectivity index (χ2n) is 6.44. The highest BCUT2D eigenvalue weighted by Crippen LogP contribution is 2.28. The average molecular weight is 411 g/mol. The van der Waals surface area contributed by atoms with E-state index in [4.69, 9.17) is 17.0 Å². The molecule has 1 aliphatic heterocycles. The van der Waals surface area contributed by atoms with Crippen LogP contribution in [0.4, 0.5) is 19.0 Å². The van der Waals surface area contributed by atoms with Gasteiger partial charge in [-0.25, -0.2) is 4.98 Å². The number of benzene rings is 1. The van der Waals surface area contributed by atoms with E-state index < -0.39 is 11.7 Å². The second-order valence-corrected chi connectivity index (χ2v) is 6.83. The molecule has 1 aromatic heterocycles. The van der Waals surface area contributed by atoms with Crippen LogP contribution < -0.4 is 19.9 Å². The maximum absolute atomic E-state index is 12.7. The molecular formula is C19H22F3N4OS+. The Labute approximate surface area is 167 Å². The summed E-state index contributed by atoms with van der Waals surface area (Å²) in [5.74, 6) is 1.48. The van der Waals surface area contributed by atoms with Crippen LogP contribution in [-0.2, 0) is 12.7 Å². The third-order valence-electron chi connectivity index (χ3n) is 4.63. The van der Waals surface area contributed by atoms with Crippen molar-refractivity contribution in [3.63, 3.8) is 0 Å². The molecule has 2 heterocycles. The van der Waals surface area contributed by atoms with E-state index in [-0.39, 0.29) is 0 Å². The molecule has 9 heteroatoms. The molecule has 2 N–H and O–H groups in total. The summed E-state index contributed by atoms with van der Waals surface area (Å²) >= 11 is 5.47. The van der Waals surface area contributed by atoms with Crippen LogP contribution in [0.15, 0.2) is 42.6 Å². The number of H-pyrrole nitrogens is 1. The van der Waals surface area contributed by atoms with Crippen molar-refractivity contribution in [2.24, 2.45) is 0 Å². The van der Waals surface area contributed by atoms with Crippen LogP contribution in [0.1, 0.15) is 11.1 Å². The number of hydrogen-bond acceptors (Lipinski definition) is 3. The molecule has 0 bridgehead atoms. The fourth-order valence-electron chi connectivity index (χ4n) is 2.97. The molecule has 5 nitrogen and oxygen atoms in total. The van der Waals surface area contributed by atoms with Gasteiger partial charge in [0, 0.05) is 12.6 Å². The van der Waals surface area contributed by atoms with Crippen molar-refractivity contribution in [1.82, 2.24) is 10.2 Å². The van der Waals surface area contributed by atoms with E-state index in [0.29, 0.717) is 43.7 Å². The van der Waals surface area contributed by atoms with Crippen molar-refractivity contribution in [1.29, 1.82) is 0 Å². The molecule has 1 aliphatic rings. The van der Waals surface area contributed by atoms with Gasteiger partial charge < -0.3 is 15.0 Å². The third kappa shape index (κ3) is 5.03. The first kappa shape index (κ1) is 20.2. The quantitative estimate of drug-likeness (QED) is 0.784. The molecular weight excluding hydrogens is 389 g/mol. The Bertz CT molecular complexity index is 788. The average Bonchev–Trinajstić information content (AvgIpc) is 2.72. The standard InChI is InChI=1S/C19H21F3N4OS/c1-27-16-5-2-14(3-6-16)12-24-18(28)26-10-8-25(9-11-26)17-7-4-15(13-23-17)19(20,21)22/h2-7,13H,8-12H2,1H3,(H,24,28)/p+1. The summed E-state index contributed by atoms with van der Waals surface area (Å²) in [6.07, 6.45) is -3.34. The van der Waals surface area contributed by atoms with Crippen molar-refractivity contribution in [2.75, 3.05) is 38.2 Å². The lowest BCUT2D eigenvalue weighted by Gasteiger charge is -2.32. The summed E-state index contributed by atoms with van der Waals surface area (Å²) in [6.45, 7) is 3.36. The maximum atomic E-state index is 12.7. The molecule has 0 atom stereocenters. The number of hydrogen-bond donors (Lipinski definition) is 1. The SMILES string of the molecule is COc1ccc(CNC(=S)N2CCN(c3ccc(C(F)(F)F)c[nH+]3)CC2)cc1. The zero-order chi connectivity index (χ0) is 20.1. The molecule has 3 rings (SSSR count). The molecule has 28 heavy (non-hydrogen) atoms. The van der Waals surface area contributed by atoms with Crippen molar-refractivity contribution < 1.29 is 22.9 Å². The van der Waals surface area contributed by atoms with Gasteiger partial charge in [-0.05, 0) is 36.0 Å². The van der Waals surface area contributed by atoms with Gasteiger partial charge in [-0.2, -0.15) is 13.2 Å². The number of halogens is 3. The normalized spacial score (nSPS) is 14.7. The van der Waals surface area contributed by atoms with Gasteiger partial charge in [-0.1, -0.05) is 12.1 Å². The molecule has 1 aromatic carbocycles. The van der Waals surface area contributed by atoms with Crippen molar-refractivity contribution >= 4 is 23.1 Å². The highest BCUT2D eigenvalue weighted by Gasteiger charge is 2.32. The Kier molecular flexibility index (Phi) is 6.23. The Balaban J connectivity index is 1.48. The predicted molar refractivity (Wildman–Crippen MR) is 104 cm³/mol. The van der Waals surface area contributed by atoms with Crippen LogP contribution in [0.5, 0.6) is 5.75 Å². The number of methoxy groups -OCH3 is 1.